The van der Waals surface area contributed by atoms with E-state index in [0.29, 0.717) is 6.61 Å². The molecule has 0 saturated heterocycles. The first-order valence-electron chi connectivity index (χ1n) is 6.22. The maximum absolute atomic E-state index is 6.31. The number of methoxy groups -OCH3 is 1. The standard InChI is InChI=1S/C14H21N3O/c1-14(15,8-9-18-3)10-12-11-6-4-5-7-13(11)17(2)16-12/h4-7H,8-10,15H2,1-3H3. The lowest BCUT2D eigenvalue weighted by Gasteiger charge is -2.23. The van der Waals surface area contributed by atoms with Crippen LogP contribution in [-0.4, -0.2) is 29.0 Å². The molecule has 2 rings (SSSR count). The lowest BCUT2D eigenvalue weighted by Crippen LogP contribution is -2.39. The van der Waals surface area contributed by atoms with Gasteiger partial charge in [-0.25, -0.2) is 0 Å². The van der Waals surface area contributed by atoms with Gasteiger partial charge in [-0.05, 0) is 19.4 Å². The third-order valence-corrected chi connectivity index (χ3v) is 3.28. The molecule has 2 aromatic rings. The Balaban J connectivity index is 2.26. The van der Waals surface area contributed by atoms with E-state index in [0.717, 1.165) is 24.1 Å². The number of hydrogen-bond acceptors (Lipinski definition) is 3. The Kier molecular flexibility index (Phi) is 3.68. The van der Waals surface area contributed by atoms with Crippen molar-refractivity contribution in [3.8, 4) is 0 Å². The number of hydrogen-bond donors (Lipinski definition) is 1. The summed E-state index contributed by atoms with van der Waals surface area (Å²) in [5.41, 5.74) is 8.23. The van der Waals surface area contributed by atoms with Gasteiger partial charge in [-0.15, -0.1) is 0 Å². The Hall–Kier alpha value is -1.39. The van der Waals surface area contributed by atoms with E-state index in [1.165, 1.54) is 5.39 Å². The molecule has 98 valence electrons. The Morgan fingerprint density at radius 1 is 1.39 bits per heavy atom. The number of para-hydroxylation sites is 1. The summed E-state index contributed by atoms with van der Waals surface area (Å²) in [6.45, 7) is 2.73. The number of aryl methyl sites for hydroxylation is 1. The summed E-state index contributed by atoms with van der Waals surface area (Å²) >= 11 is 0. The minimum atomic E-state index is -0.285. The molecule has 1 aromatic heterocycles. The number of nitrogens with two attached hydrogens (primary N) is 1. The third kappa shape index (κ3) is 2.71. The predicted octanol–water partition coefficient (Wildman–Crippen LogP) is 1.87. The first kappa shape index (κ1) is 13.1. The summed E-state index contributed by atoms with van der Waals surface area (Å²) in [4.78, 5) is 0. The molecule has 0 aliphatic carbocycles. The van der Waals surface area contributed by atoms with Gasteiger partial charge in [-0.2, -0.15) is 5.10 Å². The zero-order valence-electron chi connectivity index (χ0n) is 11.3. The fraction of sp³-hybridized carbons (Fsp3) is 0.500. The van der Waals surface area contributed by atoms with Crippen LogP contribution in [-0.2, 0) is 18.2 Å². The van der Waals surface area contributed by atoms with Gasteiger partial charge in [0.15, 0.2) is 0 Å². The molecule has 0 saturated carbocycles. The van der Waals surface area contributed by atoms with Gasteiger partial charge in [0.2, 0.25) is 0 Å². The maximum atomic E-state index is 6.31. The van der Waals surface area contributed by atoms with Gasteiger partial charge in [-0.1, -0.05) is 18.2 Å². The van der Waals surface area contributed by atoms with E-state index in [4.69, 9.17) is 10.5 Å². The Morgan fingerprint density at radius 3 is 2.83 bits per heavy atom. The molecule has 0 aliphatic heterocycles. The third-order valence-electron chi connectivity index (χ3n) is 3.28. The van der Waals surface area contributed by atoms with Crippen LogP contribution in [0.15, 0.2) is 24.3 Å². The normalized spacial score (nSPS) is 14.9. The minimum absolute atomic E-state index is 0.285. The molecule has 1 heterocycles. The van der Waals surface area contributed by atoms with E-state index in [9.17, 15) is 0 Å². The fourth-order valence-electron chi connectivity index (χ4n) is 2.23. The topological polar surface area (TPSA) is 53.1 Å². The maximum Gasteiger partial charge on any atom is 0.0721 e. The Bertz CT molecular complexity index is 531. The number of benzene rings is 1. The lowest BCUT2D eigenvalue weighted by molar-refractivity contribution is 0.171. The van der Waals surface area contributed by atoms with Crippen LogP contribution < -0.4 is 5.73 Å². The van der Waals surface area contributed by atoms with Gasteiger partial charge in [0.25, 0.3) is 0 Å². The molecule has 4 nitrogen and oxygen atoms in total. The summed E-state index contributed by atoms with van der Waals surface area (Å²) in [6.07, 6.45) is 1.59. The SMILES string of the molecule is COCCC(C)(N)Cc1nn(C)c2ccccc12. The first-order valence-corrected chi connectivity index (χ1v) is 6.22. The van der Waals surface area contributed by atoms with E-state index in [1.807, 2.05) is 23.9 Å². The van der Waals surface area contributed by atoms with Crippen molar-refractivity contribution in [2.75, 3.05) is 13.7 Å². The molecule has 0 spiro atoms. The van der Waals surface area contributed by atoms with Gasteiger partial charge >= 0.3 is 0 Å². The zero-order chi connectivity index (χ0) is 13.2. The van der Waals surface area contributed by atoms with Gasteiger partial charge < -0.3 is 10.5 Å². The summed E-state index contributed by atoms with van der Waals surface area (Å²) in [6, 6.07) is 8.25. The number of ether oxygens (including phenoxy) is 1. The first-order chi connectivity index (χ1) is 8.53. The van der Waals surface area contributed by atoms with Gasteiger partial charge in [0.05, 0.1) is 11.2 Å². The van der Waals surface area contributed by atoms with Crippen molar-refractivity contribution in [2.24, 2.45) is 12.8 Å². The molecule has 4 heteroatoms. The van der Waals surface area contributed by atoms with E-state index >= 15 is 0 Å². The number of fused-ring (bicyclic) bond motifs is 1. The summed E-state index contributed by atoms with van der Waals surface area (Å²) in [5, 5.41) is 5.77. The van der Waals surface area contributed by atoms with Crippen LogP contribution in [0.3, 0.4) is 0 Å². The smallest absolute Gasteiger partial charge is 0.0721 e. The van der Waals surface area contributed by atoms with Crippen molar-refractivity contribution >= 4 is 10.9 Å². The van der Waals surface area contributed by atoms with E-state index in [2.05, 4.69) is 24.2 Å². The largest absolute Gasteiger partial charge is 0.385 e. The van der Waals surface area contributed by atoms with E-state index in [1.54, 1.807) is 7.11 Å². The average Bonchev–Trinajstić information content (AvgIpc) is 2.64. The van der Waals surface area contributed by atoms with Crippen LogP contribution in [0.4, 0.5) is 0 Å². The van der Waals surface area contributed by atoms with E-state index in [-0.39, 0.29) is 5.54 Å². The van der Waals surface area contributed by atoms with Crippen LogP contribution in [0.1, 0.15) is 19.0 Å². The Labute approximate surface area is 108 Å². The van der Waals surface area contributed by atoms with Gasteiger partial charge in [0.1, 0.15) is 0 Å². The minimum Gasteiger partial charge on any atom is -0.385 e. The molecule has 2 N–H and O–H groups in total. The van der Waals surface area contributed by atoms with Crippen molar-refractivity contribution in [1.29, 1.82) is 0 Å². The quantitative estimate of drug-likeness (QED) is 0.877. The van der Waals surface area contributed by atoms with Crippen LogP contribution in [0, 0.1) is 0 Å². The number of nitrogens with zero attached hydrogens (tertiary/aromatic N) is 2. The van der Waals surface area contributed by atoms with Crippen molar-refractivity contribution in [2.45, 2.75) is 25.3 Å². The molecule has 0 fully saturated rings. The molecule has 0 bridgehead atoms. The monoisotopic (exact) mass is 247 g/mol. The molecule has 18 heavy (non-hydrogen) atoms. The highest BCUT2D eigenvalue weighted by atomic mass is 16.5. The van der Waals surface area contributed by atoms with Crippen LogP contribution in [0.25, 0.3) is 10.9 Å². The van der Waals surface area contributed by atoms with Crippen LogP contribution >= 0.6 is 0 Å². The van der Waals surface area contributed by atoms with E-state index < -0.39 is 0 Å². The second kappa shape index (κ2) is 5.08. The molecule has 1 atom stereocenters. The predicted molar refractivity (Wildman–Crippen MR) is 73.5 cm³/mol. The number of aromatic nitrogens is 2. The average molecular weight is 247 g/mol. The van der Waals surface area contributed by atoms with Gasteiger partial charge in [0, 0.05) is 38.1 Å². The highest BCUT2D eigenvalue weighted by Gasteiger charge is 2.22. The second-order valence-corrected chi connectivity index (χ2v) is 5.16. The number of rotatable bonds is 5. The van der Waals surface area contributed by atoms with Gasteiger partial charge in [-0.3, -0.25) is 4.68 Å². The molecule has 0 radical (unpaired) electrons. The van der Waals surface area contributed by atoms with Crippen LogP contribution in [0.5, 0.6) is 0 Å². The molecule has 1 unspecified atom stereocenters. The highest BCUT2D eigenvalue weighted by molar-refractivity contribution is 5.81. The fourth-order valence-corrected chi connectivity index (χ4v) is 2.23. The van der Waals surface area contributed by atoms with Crippen molar-refractivity contribution in [3.05, 3.63) is 30.0 Å². The van der Waals surface area contributed by atoms with Crippen molar-refractivity contribution in [3.63, 3.8) is 0 Å². The summed E-state index contributed by atoms with van der Waals surface area (Å²) < 4.78 is 7.02. The molecule has 1 aromatic carbocycles. The molecule has 0 aliphatic rings. The van der Waals surface area contributed by atoms with Crippen molar-refractivity contribution < 1.29 is 4.74 Å². The Morgan fingerprint density at radius 2 is 2.11 bits per heavy atom. The molecular formula is C14H21N3O. The summed E-state index contributed by atoms with van der Waals surface area (Å²) in [7, 11) is 3.67. The molecule has 0 amide bonds. The molecular weight excluding hydrogens is 226 g/mol. The summed E-state index contributed by atoms with van der Waals surface area (Å²) in [5.74, 6) is 0. The highest BCUT2D eigenvalue weighted by Crippen LogP contribution is 2.22. The lowest BCUT2D eigenvalue weighted by atomic mass is 9.92. The van der Waals surface area contributed by atoms with Crippen molar-refractivity contribution in [1.82, 2.24) is 9.78 Å². The van der Waals surface area contributed by atoms with Crippen LogP contribution in [0.2, 0.25) is 0 Å². The second-order valence-electron chi connectivity index (χ2n) is 5.16. The zero-order valence-corrected chi connectivity index (χ0v) is 11.3.